The molecule has 0 aliphatic heterocycles. The summed E-state index contributed by atoms with van der Waals surface area (Å²) in [5.41, 5.74) is 5.41. The smallest absolute Gasteiger partial charge is 0.243 e. The van der Waals surface area contributed by atoms with Gasteiger partial charge in [-0.05, 0) is 18.3 Å². The number of nitrogens with one attached hydrogen (secondary N) is 1. The van der Waals surface area contributed by atoms with Gasteiger partial charge in [0.15, 0.2) is 0 Å². The standard InChI is InChI=1S/C9H14N4O2S/c1-9(2-3-9)6-13-16(14,15)7-4-11-8(10)12-5-7/h4-5,13H,2-3,6H2,1H3,(H2,10,11,12). The van der Waals surface area contributed by atoms with Crippen molar-refractivity contribution in [1.29, 1.82) is 0 Å². The Kier molecular flexibility index (Phi) is 2.59. The topological polar surface area (TPSA) is 98.0 Å². The molecule has 0 spiro atoms. The molecule has 1 aliphatic rings. The van der Waals surface area contributed by atoms with Crippen LogP contribution >= 0.6 is 0 Å². The molecule has 0 bridgehead atoms. The van der Waals surface area contributed by atoms with Crippen molar-refractivity contribution in [3.63, 3.8) is 0 Å². The molecule has 16 heavy (non-hydrogen) atoms. The lowest BCUT2D eigenvalue weighted by Gasteiger charge is -2.10. The minimum atomic E-state index is -3.50. The van der Waals surface area contributed by atoms with Crippen LogP contribution in [-0.4, -0.2) is 24.9 Å². The van der Waals surface area contributed by atoms with Crippen LogP contribution in [0.25, 0.3) is 0 Å². The summed E-state index contributed by atoms with van der Waals surface area (Å²) in [6.07, 6.45) is 4.54. The van der Waals surface area contributed by atoms with E-state index < -0.39 is 10.0 Å². The molecule has 3 N–H and O–H groups in total. The fourth-order valence-corrected chi connectivity index (χ4v) is 2.30. The zero-order valence-electron chi connectivity index (χ0n) is 8.97. The van der Waals surface area contributed by atoms with Gasteiger partial charge in [-0.3, -0.25) is 0 Å². The summed E-state index contributed by atoms with van der Waals surface area (Å²) in [7, 11) is -3.50. The molecular formula is C9H14N4O2S. The first-order valence-corrected chi connectivity index (χ1v) is 6.47. The lowest BCUT2D eigenvalue weighted by Crippen LogP contribution is -2.29. The molecule has 1 aliphatic carbocycles. The maximum Gasteiger partial charge on any atom is 0.243 e. The molecular weight excluding hydrogens is 228 g/mol. The zero-order valence-corrected chi connectivity index (χ0v) is 9.79. The minimum absolute atomic E-state index is 0.0472. The molecule has 0 atom stereocenters. The molecule has 0 amide bonds. The van der Waals surface area contributed by atoms with Crippen LogP contribution in [0.15, 0.2) is 17.3 Å². The fraction of sp³-hybridized carbons (Fsp3) is 0.556. The number of rotatable bonds is 4. The molecule has 1 aromatic rings. The van der Waals surface area contributed by atoms with E-state index in [1.807, 2.05) is 0 Å². The molecule has 0 unspecified atom stereocenters. The van der Waals surface area contributed by atoms with Crippen molar-refractivity contribution in [2.24, 2.45) is 5.41 Å². The Hall–Kier alpha value is -1.21. The van der Waals surface area contributed by atoms with E-state index in [4.69, 9.17) is 5.73 Å². The normalized spacial score (nSPS) is 18.3. The molecule has 0 radical (unpaired) electrons. The number of nitrogen functional groups attached to an aromatic ring is 1. The first-order chi connectivity index (χ1) is 7.41. The Balaban J connectivity index is 2.09. The van der Waals surface area contributed by atoms with Gasteiger partial charge in [-0.15, -0.1) is 0 Å². The van der Waals surface area contributed by atoms with Crippen molar-refractivity contribution >= 4 is 16.0 Å². The SMILES string of the molecule is CC1(CNS(=O)(=O)c2cnc(N)nc2)CC1. The number of nitrogens with zero attached hydrogens (tertiary/aromatic N) is 2. The third kappa shape index (κ3) is 2.48. The summed E-state index contributed by atoms with van der Waals surface area (Å²) in [6.45, 7) is 2.51. The van der Waals surface area contributed by atoms with E-state index in [1.165, 1.54) is 12.4 Å². The Morgan fingerprint density at radius 1 is 1.44 bits per heavy atom. The Morgan fingerprint density at radius 3 is 2.50 bits per heavy atom. The summed E-state index contributed by atoms with van der Waals surface area (Å²) >= 11 is 0. The summed E-state index contributed by atoms with van der Waals surface area (Å²) in [6, 6.07) is 0. The summed E-state index contributed by atoms with van der Waals surface area (Å²) in [4.78, 5) is 7.35. The van der Waals surface area contributed by atoms with Crippen molar-refractivity contribution in [1.82, 2.24) is 14.7 Å². The van der Waals surface area contributed by atoms with Crippen molar-refractivity contribution in [3.05, 3.63) is 12.4 Å². The molecule has 1 aromatic heterocycles. The molecule has 88 valence electrons. The maximum atomic E-state index is 11.8. The van der Waals surface area contributed by atoms with Gasteiger partial charge in [-0.1, -0.05) is 6.92 Å². The van der Waals surface area contributed by atoms with Gasteiger partial charge in [-0.2, -0.15) is 0 Å². The van der Waals surface area contributed by atoms with Crippen LogP contribution in [-0.2, 0) is 10.0 Å². The van der Waals surface area contributed by atoms with Crippen LogP contribution in [0, 0.1) is 5.41 Å². The zero-order chi connectivity index (χ0) is 11.8. The first kappa shape index (κ1) is 11.3. The van der Waals surface area contributed by atoms with Crippen LogP contribution in [0.1, 0.15) is 19.8 Å². The highest BCUT2D eigenvalue weighted by Crippen LogP contribution is 2.44. The second kappa shape index (κ2) is 3.67. The third-order valence-electron chi connectivity index (χ3n) is 2.75. The molecule has 0 saturated heterocycles. The Bertz CT molecular complexity index is 479. The van der Waals surface area contributed by atoms with Gasteiger partial charge >= 0.3 is 0 Å². The van der Waals surface area contributed by atoms with Crippen molar-refractivity contribution in [2.45, 2.75) is 24.7 Å². The number of hydrogen-bond acceptors (Lipinski definition) is 5. The highest BCUT2D eigenvalue weighted by atomic mass is 32.2. The Labute approximate surface area is 94.3 Å². The number of anilines is 1. The summed E-state index contributed by atoms with van der Waals surface area (Å²) in [5, 5.41) is 0. The van der Waals surface area contributed by atoms with Gasteiger partial charge in [0.1, 0.15) is 4.90 Å². The van der Waals surface area contributed by atoms with Crippen molar-refractivity contribution in [2.75, 3.05) is 12.3 Å². The predicted molar refractivity (Wildman–Crippen MR) is 59.0 cm³/mol. The number of aromatic nitrogens is 2. The van der Waals surface area contributed by atoms with Crippen molar-refractivity contribution in [3.8, 4) is 0 Å². The van der Waals surface area contributed by atoms with Gasteiger partial charge < -0.3 is 5.73 Å². The average molecular weight is 242 g/mol. The predicted octanol–water partition coefficient (Wildman–Crippen LogP) is 0.137. The molecule has 1 saturated carbocycles. The fourth-order valence-electron chi connectivity index (χ4n) is 1.21. The monoisotopic (exact) mass is 242 g/mol. The highest BCUT2D eigenvalue weighted by Gasteiger charge is 2.38. The number of nitrogens with two attached hydrogens (primary N) is 1. The lowest BCUT2D eigenvalue weighted by atomic mass is 10.2. The Morgan fingerprint density at radius 2 is 2.00 bits per heavy atom. The maximum absolute atomic E-state index is 11.8. The number of sulfonamides is 1. The molecule has 1 heterocycles. The molecule has 1 fully saturated rings. The van der Waals surface area contributed by atoms with E-state index in [0.29, 0.717) is 6.54 Å². The largest absolute Gasteiger partial charge is 0.368 e. The second-order valence-corrected chi connectivity index (χ2v) is 6.18. The van der Waals surface area contributed by atoms with E-state index in [2.05, 4.69) is 21.6 Å². The van der Waals surface area contributed by atoms with Gasteiger partial charge in [0, 0.05) is 6.54 Å². The third-order valence-corrected chi connectivity index (χ3v) is 4.11. The average Bonchev–Trinajstić information content (AvgIpc) is 2.96. The van der Waals surface area contributed by atoms with Crippen molar-refractivity contribution < 1.29 is 8.42 Å². The van der Waals surface area contributed by atoms with Crippen LogP contribution in [0.3, 0.4) is 0 Å². The van der Waals surface area contributed by atoms with E-state index in [1.54, 1.807) is 0 Å². The molecule has 7 heteroatoms. The lowest BCUT2D eigenvalue weighted by molar-refractivity contribution is 0.530. The van der Waals surface area contributed by atoms with Gasteiger partial charge in [0.05, 0.1) is 12.4 Å². The first-order valence-electron chi connectivity index (χ1n) is 4.99. The quantitative estimate of drug-likeness (QED) is 0.782. The highest BCUT2D eigenvalue weighted by molar-refractivity contribution is 7.89. The molecule has 2 rings (SSSR count). The van der Waals surface area contributed by atoms with Gasteiger partial charge in [0.25, 0.3) is 0 Å². The summed E-state index contributed by atoms with van der Waals surface area (Å²) < 4.78 is 26.1. The van der Waals surface area contributed by atoms with Crippen LogP contribution in [0.5, 0.6) is 0 Å². The van der Waals surface area contributed by atoms with E-state index in [9.17, 15) is 8.42 Å². The van der Waals surface area contributed by atoms with Crippen LogP contribution < -0.4 is 10.5 Å². The minimum Gasteiger partial charge on any atom is -0.368 e. The van der Waals surface area contributed by atoms with Crippen LogP contribution in [0.4, 0.5) is 5.95 Å². The molecule has 0 aromatic carbocycles. The molecule has 6 nitrogen and oxygen atoms in total. The van der Waals surface area contributed by atoms with Crippen LogP contribution in [0.2, 0.25) is 0 Å². The van der Waals surface area contributed by atoms with E-state index >= 15 is 0 Å². The number of hydrogen-bond donors (Lipinski definition) is 2. The summed E-state index contributed by atoms with van der Waals surface area (Å²) in [5.74, 6) is 0.0631. The second-order valence-electron chi connectivity index (χ2n) is 4.41. The van der Waals surface area contributed by atoms with Gasteiger partial charge in [-0.25, -0.2) is 23.1 Å². The van der Waals surface area contributed by atoms with E-state index in [0.717, 1.165) is 12.8 Å². The van der Waals surface area contributed by atoms with Gasteiger partial charge in [0.2, 0.25) is 16.0 Å². The van der Waals surface area contributed by atoms with E-state index in [-0.39, 0.29) is 16.3 Å².